The van der Waals surface area contributed by atoms with Gasteiger partial charge in [0.1, 0.15) is 5.69 Å². The normalized spacial score (nSPS) is 15.6. The molecule has 0 aliphatic heterocycles. The van der Waals surface area contributed by atoms with Crippen LogP contribution in [0.3, 0.4) is 0 Å². The van der Waals surface area contributed by atoms with Crippen molar-refractivity contribution in [2.24, 2.45) is 5.14 Å². The number of primary sulfonamides is 1. The highest BCUT2D eigenvalue weighted by Crippen LogP contribution is 2.39. The Kier molecular flexibility index (Phi) is 3.33. The molecule has 1 saturated carbocycles. The summed E-state index contributed by atoms with van der Waals surface area (Å²) in [6.45, 7) is 4.68. The van der Waals surface area contributed by atoms with Crippen LogP contribution in [0.25, 0.3) is 11.5 Å². The smallest absolute Gasteiger partial charge is 0.273 e. The summed E-state index contributed by atoms with van der Waals surface area (Å²) in [4.78, 5) is 0. The minimum Gasteiger partial charge on any atom is -0.292 e. The molecule has 8 nitrogen and oxygen atoms in total. The summed E-state index contributed by atoms with van der Waals surface area (Å²) in [7, 11) is -3.88. The number of hydrogen-bond acceptors (Lipinski definition) is 5. The van der Waals surface area contributed by atoms with Gasteiger partial charge < -0.3 is 0 Å². The molecule has 0 aromatic carbocycles. The Morgan fingerprint density at radius 1 is 1.33 bits per heavy atom. The number of nitrogens with zero attached hydrogens (tertiary/aromatic N) is 5. The van der Waals surface area contributed by atoms with Gasteiger partial charge >= 0.3 is 0 Å². The minimum atomic E-state index is -3.88. The van der Waals surface area contributed by atoms with Crippen molar-refractivity contribution in [2.75, 3.05) is 0 Å². The monoisotopic (exact) mass is 310 g/mol. The van der Waals surface area contributed by atoms with Crippen molar-refractivity contribution >= 4 is 10.0 Å². The lowest BCUT2D eigenvalue weighted by Crippen LogP contribution is -2.18. The van der Waals surface area contributed by atoms with Gasteiger partial charge in [-0.25, -0.2) is 13.6 Å². The molecular formula is C12H18N6O2S. The summed E-state index contributed by atoms with van der Waals surface area (Å²) in [6, 6.07) is 2.04. The van der Waals surface area contributed by atoms with E-state index >= 15 is 0 Å². The molecule has 9 heteroatoms. The summed E-state index contributed by atoms with van der Waals surface area (Å²) in [5.41, 5.74) is 1.72. The Hall–Kier alpha value is -1.74. The summed E-state index contributed by atoms with van der Waals surface area (Å²) < 4.78 is 26.8. The molecule has 2 aromatic heterocycles. The third kappa shape index (κ3) is 2.46. The molecule has 2 aromatic rings. The van der Waals surface area contributed by atoms with Crippen molar-refractivity contribution in [1.82, 2.24) is 24.5 Å². The van der Waals surface area contributed by atoms with Gasteiger partial charge in [-0.2, -0.15) is 5.10 Å². The molecule has 114 valence electrons. The van der Waals surface area contributed by atoms with Crippen LogP contribution in [-0.2, 0) is 23.0 Å². The first-order chi connectivity index (χ1) is 9.95. The van der Waals surface area contributed by atoms with Crippen LogP contribution < -0.4 is 5.14 Å². The lowest BCUT2D eigenvalue weighted by Gasteiger charge is -2.08. The maximum atomic E-state index is 11.7. The number of hydrogen-bond donors (Lipinski definition) is 1. The van der Waals surface area contributed by atoms with Crippen LogP contribution >= 0.6 is 0 Å². The number of aromatic nitrogens is 5. The van der Waals surface area contributed by atoms with Gasteiger partial charge in [-0.15, -0.1) is 10.2 Å². The lowest BCUT2D eigenvalue weighted by molar-refractivity contribution is 0.566. The molecule has 1 fully saturated rings. The summed E-state index contributed by atoms with van der Waals surface area (Å²) in [5.74, 6) is 0.524. The molecule has 2 N–H and O–H groups in total. The minimum absolute atomic E-state index is 0.105. The Labute approximate surface area is 123 Å². The standard InChI is InChI=1S/C12H18N6O2S/c1-3-8-7-10(17(4-2)16-8)11-14-15-12(21(13,19)20)18(11)9-5-6-9/h7,9H,3-6H2,1-2H3,(H2,13,19,20). The zero-order chi connectivity index (χ0) is 15.2. The Bertz CT molecular complexity index is 772. The first-order valence-corrected chi connectivity index (χ1v) is 8.55. The van der Waals surface area contributed by atoms with E-state index in [2.05, 4.69) is 15.3 Å². The van der Waals surface area contributed by atoms with Gasteiger partial charge in [-0.3, -0.25) is 9.25 Å². The fraction of sp³-hybridized carbons (Fsp3) is 0.583. The maximum absolute atomic E-state index is 11.7. The van der Waals surface area contributed by atoms with E-state index in [-0.39, 0.29) is 11.2 Å². The van der Waals surface area contributed by atoms with Crippen molar-refractivity contribution in [3.63, 3.8) is 0 Å². The molecule has 21 heavy (non-hydrogen) atoms. The van der Waals surface area contributed by atoms with E-state index in [1.54, 1.807) is 4.57 Å². The van der Waals surface area contributed by atoms with E-state index in [1.807, 2.05) is 24.6 Å². The van der Waals surface area contributed by atoms with Gasteiger partial charge in [0.25, 0.3) is 15.2 Å². The Morgan fingerprint density at radius 2 is 2.05 bits per heavy atom. The zero-order valence-electron chi connectivity index (χ0n) is 12.0. The van der Waals surface area contributed by atoms with Crippen LogP contribution in [0.1, 0.15) is 38.4 Å². The van der Waals surface area contributed by atoms with Crippen LogP contribution in [0, 0.1) is 0 Å². The summed E-state index contributed by atoms with van der Waals surface area (Å²) in [6.07, 6.45) is 2.63. The molecule has 0 amide bonds. The van der Waals surface area contributed by atoms with Crippen molar-refractivity contribution in [2.45, 2.75) is 50.9 Å². The molecule has 0 saturated heterocycles. The highest BCUT2D eigenvalue weighted by Gasteiger charge is 2.34. The Morgan fingerprint density at radius 3 is 2.57 bits per heavy atom. The topological polar surface area (TPSA) is 109 Å². The predicted octanol–water partition coefficient (Wildman–Crippen LogP) is 0.706. The molecular weight excluding hydrogens is 292 g/mol. The van der Waals surface area contributed by atoms with E-state index in [0.717, 1.165) is 30.7 Å². The van der Waals surface area contributed by atoms with Crippen molar-refractivity contribution in [3.05, 3.63) is 11.8 Å². The van der Waals surface area contributed by atoms with Crippen LogP contribution in [0.2, 0.25) is 0 Å². The molecule has 0 unspecified atom stereocenters. The van der Waals surface area contributed by atoms with Gasteiger partial charge in [0, 0.05) is 12.6 Å². The van der Waals surface area contributed by atoms with Crippen LogP contribution in [0.4, 0.5) is 0 Å². The van der Waals surface area contributed by atoms with Gasteiger partial charge in [0.05, 0.1) is 5.69 Å². The number of nitrogens with two attached hydrogens (primary N) is 1. The van der Waals surface area contributed by atoms with Crippen molar-refractivity contribution in [3.8, 4) is 11.5 Å². The fourth-order valence-corrected chi connectivity index (χ4v) is 3.04. The van der Waals surface area contributed by atoms with Crippen molar-refractivity contribution in [1.29, 1.82) is 0 Å². The zero-order valence-corrected chi connectivity index (χ0v) is 12.8. The predicted molar refractivity (Wildman–Crippen MR) is 75.9 cm³/mol. The second-order valence-electron chi connectivity index (χ2n) is 5.14. The lowest BCUT2D eigenvalue weighted by atomic mass is 10.3. The van der Waals surface area contributed by atoms with E-state index in [9.17, 15) is 8.42 Å². The van der Waals surface area contributed by atoms with Gasteiger partial charge in [-0.05, 0) is 32.3 Å². The van der Waals surface area contributed by atoms with E-state index < -0.39 is 10.0 Å². The average Bonchev–Trinajstić information content (AvgIpc) is 3.03. The molecule has 0 atom stereocenters. The van der Waals surface area contributed by atoms with E-state index in [4.69, 9.17) is 5.14 Å². The van der Waals surface area contributed by atoms with Crippen LogP contribution in [0.5, 0.6) is 0 Å². The van der Waals surface area contributed by atoms with E-state index in [0.29, 0.717) is 12.4 Å². The third-order valence-electron chi connectivity index (χ3n) is 3.55. The van der Waals surface area contributed by atoms with Crippen LogP contribution in [-0.4, -0.2) is 33.0 Å². The maximum Gasteiger partial charge on any atom is 0.273 e. The van der Waals surface area contributed by atoms with Crippen LogP contribution in [0.15, 0.2) is 11.2 Å². The third-order valence-corrected chi connectivity index (χ3v) is 4.34. The SMILES string of the molecule is CCc1cc(-c2nnc(S(N)(=O)=O)n2C2CC2)n(CC)n1. The average molecular weight is 310 g/mol. The second kappa shape index (κ2) is 4.92. The number of sulfonamides is 1. The van der Waals surface area contributed by atoms with Crippen molar-refractivity contribution < 1.29 is 8.42 Å². The van der Waals surface area contributed by atoms with Gasteiger partial charge in [-0.1, -0.05) is 6.92 Å². The van der Waals surface area contributed by atoms with Gasteiger partial charge in [0.15, 0.2) is 5.82 Å². The summed E-state index contributed by atoms with van der Waals surface area (Å²) >= 11 is 0. The molecule has 0 radical (unpaired) electrons. The largest absolute Gasteiger partial charge is 0.292 e. The van der Waals surface area contributed by atoms with E-state index in [1.165, 1.54) is 0 Å². The number of rotatable bonds is 5. The quantitative estimate of drug-likeness (QED) is 0.874. The molecule has 2 heterocycles. The fourth-order valence-electron chi connectivity index (χ4n) is 2.37. The molecule has 3 rings (SSSR count). The first kappa shape index (κ1) is 14.2. The first-order valence-electron chi connectivity index (χ1n) is 7.00. The molecule has 1 aliphatic carbocycles. The molecule has 0 spiro atoms. The van der Waals surface area contributed by atoms with Gasteiger partial charge in [0.2, 0.25) is 0 Å². The molecule has 0 bridgehead atoms. The molecule has 1 aliphatic rings. The highest BCUT2D eigenvalue weighted by molar-refractivity contribution is 7.89. The highest BCUT2D eigenvalue weighted by atomic mass is 32.2. The Balaban J connectivity index is 2.19. The number of aryl methyl sites for hydroxylation is 2. The second-order valence-corrected chi connectivity index (χ2v) is 6.60. The summed E-state index contributed by atoms with van der Waals surface area (Å²) in [5, 5.41) is 17.4.